The molecule has 0 bridgehead atoms. The zero-order valence-corrected chi connectivity index (χ0v) is 12.0. The van der Waals surface area contributed by atoms with Gasteiger partial charge in [-0.05, 0) is 39.5 Å². The second-order valence-corrected chi connectivity index (χ2v) is 6.37. The van der Waals surface area contributed by atoms with E-state index in [1.54, 1.807) is 0 Å². The molecule has 1 unspecified atom stereocenters. The third-order valence-electron chi connectivity index (χ3n) is 3.33. The van der Waals surface area contributed by atoms with Crippen molar-refractivity contribution in [1.29, 1.82) is 0 Å². The molecular weight excluding hydrogens is 228 g/mol. The van der Waals surface area contributed by atoms with E-state index in [-0.39, 0.29) is 12.1 Å². The molecule has 1 fully saturated rings. The molecule has 1 amide bonds. The second kappa shape index (κ2) is 6.98. The van der Waals surface area contributed by atoms with E-state index >= 15 is 0 Å². The van der Waals surface area contributed by atoms with Crippen LogP contribution in [0.4, 0.5) is 4.79 Å². The van der Waals surface area contributed by atoms with E-state index < -0.39 is 5.60 Å². The maximum atomic E-state index is 11.4. The van der Waals surface area contributed by atoms with Crippen LogP contribution in [0.5, 0.6) is 0 Å². The molecule has 4 nitrogen and oxygen atoms in total. The summed E-state index contributed by atoms with van der Waals surface area (Å²) in [6, 6.07) is 0.0399. The number of carbonyl (C=O) groups excluding carboxylic acids is 1. The smallest absolute Gasteiger partial charge is 0.407 e. The topological polar surface area (TPSA) is 64.3 Å². The van der Waals surface area contributed by atoms with Gasteiger partial charge in [-0.3, -0.25) is 0 Å². The van der Waals surface area contributed by atoms with Gasteiger partial charge < -0.3 is 15.8 Å². The van der Waals surface area contributed by atoms with Gasteiger partial charge >= 0.3 is 6.09 Å². The molecular formula is C14H28N2O2. The van der Waals surface area contributed by atoms with E-state index in [1.165, 1.54) is 32.1 Å². The molecule has 3 N–H and O–H groups in total. The molecule has 0 spiro atoms. The molecule has 0 aromatic carbocycles. The van der Waals surface area contributed by atoms with Crippen LogP contribution in [0.3, 0.4) is 0 Å². The predicted molar refractivity (Wildman–Crippen MR) is 73.4 cm³/mol. The largest absolute Gasteiger partial charge is 0.444 e. The van der Waals surface area contributed by atoms with Crippen molar-refractivity contribution in [2.75, 3.05) is 6.54 Å². The van der Waals surface area contributed by atoms with Crippen LogP contribution in [-0.4, -0.2) is 24.3 Å². The minimum atomic E-state index is -0.446. The molecule has 106 valence electrons. The number of nitrogens with two attached hydrogens (primary N) is 1. The summed E-state index contributed by atoms with van der Waals surface area (Å²) in [6.07, 6.45) is 7.25. The SMILES string of the molecule is CC(C)(C)OC(=O)NCC(N)CCC1CCCC1. The molecule has 0 aromatic rings. The Hall–Kier alpha value is -0.770. The molecule has 0 aromatic heterocycles. The monoisotopic (exact) mass is 256 g/mol. The van der Waals surface area contributed by atoms with Crippen molar-refractivity contribution in [3.63, 3.8) is 0 Å². The minimum absolute atomic E-state index is 0.0399. The molecule has 1 aliphatic carbocycles. The van der Waals surface area contributed by atoms with Crippen molar-refractivity contribution in [3.8, 4) is 0 Å². The van der Waals surface area contributed by atoms with E-state index in [9.17, 15) is 4.79 Å². The molecule has 0 saturated heterocycles. The van der Waals surface area contributed by atoms with Crippen molar-refractivity contribution in [2.45, 2.75) is 70.9 Å². The Labute approximate surface area is 111 Å². The average Bonchev–Trinajstić information content (AvgIpc) is 2.74. The first-order valence-electron chi connectivity index (χ1n) is 7.09. The quantitative estimate of drug-likeness (QED) is 0.795. The van der Waals surface area contributed by atoms with Crippen LogP contribution in [0.1, 0.15) is 59.3 Å². The summed E-state index contributed by atoms with van der Waals surface area (Å²) in [5.41, 5.74) is 5.55. The Kier molecular flexibility index (Phi) is 5.93. The predicted octanol–water partition coefficient (Wildman–Crippen LogP) is 2.81. The fraction of sp³-hybridized carbons (Fsp3) is 0.929. The van der Waals surface area contributed by atoms with Crippen LogP contribution in [-0.2, 0) is 4.74 Å². The van der Waals surface area contributed by atoms with Crippen molar-refractivity contribution < 1.29 is 9.53 Å². The summed E-state index contributed by atoms with van der Waals surface area (Å²) in [6.45, 7) is 6.06. The third-order valence-corrected chi connectivity index (χ3v) is 3.33. The average molecular weight is 256 g/mol. The molecule has 0 aliphatic heterocycles. The highest BCUT2D eigenvalue weighted by molar-refractivity contribution is 5.67. The number of carbonyl (C=O) groups is 1. The van der Waals surface area contributed by atoms with E-state index in [0.29, 0.717) is 6.54 Å². The Bertz CT molecular complexity index is 255. The van der Waals surface area contributed by atoms with E-state index in [0.717, 1.165) is 12.3 Å². The van der Waals surface area contributed by atoms with Gasteiger partial charge in [-0.25, -0.2) is 4.79 Å². The van der Waals surface area contributed by atoms with Crippen LogP contribution < -0.4 is 11.1 Å². The summed E-state index contributed by atoms with van der Waals surface area (Å²) < 4.78 is 5.16. The fourth-order valence-corrected chi connectivity index (χ4v) is 2.38. The lowest BCUT2D eigenvalue weighted by Crippen LogP contribution is -2.40. The number of hydrogen-bond acceptors (Lipinski definition) is 3. The van der Waals surface area contributed by atoms with Crippen molar-refractivity contribution in [2.24, 2.45) is 11.7 Å². The molecule has 1 aliphatic rings. The Morgan fingerprint density at radius 3 is 2.56 bits per heavy atom. The summed E-state index contributed by atoms with van der Waals surface area (Å²) in [7, 11) is 0. The molecule has 1 rings (SSSR count). The van der Waals surface area contributed by atoms with Crippen molar-refractivity contribution >= 4 is 6.09 Å². The highest BCUT2D eigenvalue weighted by Gasteiger charge is 2.18. The highest BCUT2D eigenvalue weighted by Crippen LogP contribution is 2.28. The van der Waals surface area contributed by atoms with E-state index in [1.807, 2.05) is 20.8 Å². The lowest BCUT2D eigenvalue weighted by Gasteiger charge is -2.21. The maximum absolute atomic E-state index is 11.4. The summed E-state index contributed by atoms with van der Waals surface area (Å²) in [5, 5.41) is 2.73. The third kappa shape index (κ3) is 6.84. The first kappa shape index (κ1) is 15.3. The summed E-state index contributed by atoms with van der Waals surface area (Å²) >= 11 is 0. The number of hydrogen-bond donors (Lipinski definition) is 2. The maximum Gasteiger partial charge on any atom is 0.407 e. The fourth-order valence-electron chi connectivity index (χ4n) is 2.38. The van der Waals surface area contributed by atoms with Crippen LogP contribution in [0.25, 0.3) is 0 Å². The summed E-state index contributed by atoms with van der Waals surface area (Å²) in [5.74, 6) is 0.859. The van der Waals surface area contributed by atoms with Gasteiger partial charge in [0.25, 0.3) is 0 Å². The Morgan fingerprint density at radius 1 is 1.39 bits per heavy atom. The van der Waals surface area contributed by atoms with Gasteiger partial charge in [-0.2, -0.15) is 0 Å². The van der Waals surface area contributed by atoms with Crippen LogP contribution >= 0.6 is 0 Å². The molecule has 0 radical (unpaired) electrons. The number of alkyl carbamates (subject to hydrolysis) is 1. The number of nitrogens with one attached hydrogen (secondary N) is 1. The van der Waals surface area contributed by atoms with Crippen molar-refractivity contribution in [1.82, 2.24) is 5.32 Å². The normalized spacial score (nSPS) is 18.7. The van der Waals surface area contributed by atoms with Crippen LogP contribution in [0, 0.1) is 5.92 Å². The Morgan fingerprint density at radius 2 is 2.00 bits per heavy atom. The molecule has 1 atom stereocenters. The molecule has 0 heterocycles. The summed E-state index contributed by atoms with van der Waals surface area (Å²) in [4.78, 5) is 11.4. The van der Waals surface area contributed by atoms with Gasteiger partial charge in [0.15, 0.2) is 0 Å². The lowest BCUT2D eigenvalue weighted by molar-refractivity contribution is 0.0524. The van der Waals surface area contributed by atoms with E-state index in [4.69, 9.17) is 10.5 Å². The first-order chi connectivity index (χ1) is 8.37. The number of rotatable bonds is 5. The van der Waals surface area contributed by atoms with E-state index in [2.05, 4.69) is 5.32 Å². The number of amides is 1. The molecule has 18 heavy (non-hydrogen) atoms. The zero-order chi connectivity index (χ0) is 13.6. The van der Waals surface area contributed by atoms with Gasteiger partial charge in [0.05, 0.1) is 0 Å². The second-order valence-electron chi connectivity index (χ2n) is 6.37. The zero-order valence-electron chi connectivity index (χ0n) is 12.0. The highest BCUT2D eigenvalue weighted by atomic mass is 16.6. The lowest BCUT2D eigenvalue weighted by atomic mass is 9.99. The number of ether oxygens (including phenoxy) is 1. The molecule has 4 heteroatoms. The van der Waals surface area contributed by atoms with Gasteiger partial charge in [0.1, 0.15) is 5.60 Å². The van der Waals surface area contributed by atoms with Gasteiger partial charge in [-0.1, -0.05) is 25.7 Å². The van der Waals surface area contributed by atoms with Crippen LogP contribution in [0.15, 0.2) is 0 Å². The first-order valence-corrected chi connectivity index (χ1v) is 7.09. The van der Waals surface area contributed by atoms with Crippen LogP contribution in [0.2, 0.25) is 0 Å². The Balaban J connectivity index is 2.08. The standard InChI is InChI=1S/C14H28N2O2/c1-14(2,3)18-13(17)16-10-12(15)9-8-11-6-4-5-7-11/h11-12H,4-10,15H2,1-3H3,(H,16,17). The van der Waals surface area contributed by atoms with Gasteiger partial charge in [-0.15, -0.1) is 0 Å². The van der Waals surface area contributed by atoms with Crippen molar-refractivity contribution in [3.05, 3.63) is 0 Å². The minimum Gasteiger partial charge on any atom is -0.444 e. The molecule has 1 saturated carbocycles. The van der Waals surface area contributed by atoms with Gasteiger partial charge in [0, 0.05) is 12.6 Å². The van der Waals surface area contributed by atoms with Gasteiger partial charge in [0.2, 0.25) is 0 Å².